The number of amides is 2. The van der Waals surface area contributed by atoms with Gasteiger partial charge in [0.15, 0.2) is 0 Å². The van der Waals surface area contributed by atoms with Crippen molar-refractivity contribution in [3.05, 3.63) is 60.4 Å². The number of imidazole rings is 2. The fourth-order valence-electron chi connectivity index (χ4n) is 7.74. The first kappa shape index (κ1) is 44.9. The number of fused-ring (bicyclic) bond motifs is 5. The van der Waals surface area contributed by atoms with Crippen LogP contribution in [-0.4, -0.2) is 132 Å². The van der Waals surface area contributed by atoms with Gasteiger partial charge < -0.3 is 47.9 Å². The average Bonchev–Trinajstić information content (AvgIpc) is 4.06. The number of nitrogens with one attached hydrogen (secondary N) is 2. The van der Waals surface area contributed by atoms with Gasteiger partial charge in [-0.3, -0.25) is 9.80 Å². The van der Waals surface area contributed by atoms with Crippen LogP contribution in [0.5, 0.6) is 11.5 Å². The first-order chi connectivity index (χ1) is 29.8. The van der Waals surface area contributed by atoms with Gasteiger partial charge in [0.2, 0.25) is 0 Å². The number of aromatic amines is 2. The molecule has 5 heterocycles. The van der Waals surface area contributed by atoms with Crippen molar-refractivity contribution in [3.63, 3.8) is 0 Å². The molecule has 16 heteroatoms. The number of nitrogens with zero attached hydrogens (tertiary/aromatic N) is 4. The van der Waals surface area contributed by atoms with Crippen LogP contribution >= 0.6 is 0 Å². The first-order valence-electron chi connectivity index (χ1n) is 21.8. The van der Waals surface area contributed by atoms with Gasteiger partial charge in [0.25, 0.3) is 0 Å². The van der Waals surface area contributed by atoms with Crippen LogP contribution in [-0.2, 0) is 28.4 Å². The van der Waals surface area contributed by atoms with E-state index in [2.05, 4.69) is 9.97 Å². The van der Waals surface area contributed by atoms with Crippen LogP contribution in [0.4, 0.5) is 9.59 Å². The lowest BCUT2D eigenvalue weighted by Gasteiger charge is -2.27. The van der Waals surface area contributed by atoms with E-state index in [1.807, 2.05) is 77.9 Å². The summed E-state index contributed by atoms with van der Waals surface area (Å²) in [6.45, 7) is 16.4. The molecule has 336 valence electrons. The molecule has 2 N–H and O–H groups in total. The molecule has 4 bridgehead atoms. The molecule has 3 aliphatic heterocycles. The SMILES string of the molecule is CC(C)(C)OC(=O)N1CCC[C@H]1c1ncc(-c2ccc3cc2OCCOCCOCCOCCOCCOc2cc-3ccc2-c2cnc([C@@H]3CCCN3C(=O)OC(C)(C)C)[nH]2)[nH]1. The van der Waals surface area contributed by atoms with Crippen molar-refractivity contribution < 1.29 is 47.5 Å². The van der Waals surface area contributed by atoms with Gasteiger partial charge in [0.1, 0.15) is 47.6 Å². The standard InChI is InChI=1S/C46H62N6O10/c1-45(2,3)61-43(53)51-15-7-9-37(51)41-47-29-35(49-41)33-13-11-31-27-39(33)59-25-23-57-21-19-55-17-18-56-20-22-58-24-26-60-40-28-32(31)12-14-34(40)36-30-48-42(50-36)38-10-8-16-52(38)44(54)62-46(4,5)6/h11-14,27-30,37-38H,7-10,15-26H2,1-6H3,(H,47,49)(H,48,50)/t37-,38-/m0/s1. The summed E-state index contributed by atoms with van der Waals surface area (Å²) in [4.78, 5) is 46.2. The number of H-pyrrole nitrogens is 2. The maximum Gasteiger partial charge on any atom is 0.410 e. The highest BCUT2D eigenvalue weighted by Gasteiger charge is 2.36. The Bertz CT molecular complexity index is 1960. The monoisotopic (exact) mass is 858 g/mol. The molecule has 3 aliphatic rings. The normalized spacial score (nSPS) is 20.1. The summed E-state index contributed by atoms with van der Waals surface area (Å²) in [6.07, 6.45) is 6.15. The van der Waals surface area contributed by atoms with Crippen molar-refractivity contribution in [2.75, 3.05) is 79.2 Å². The van der Waals surface area contributed by atoms with Crippen molar-refractivity contribution in [2.45, 2.75) is 90.5 Å². The molecular formula is C46H62N6O10. The number of ether oxygens (including phenoxy) is 8. The molecule has 2 fully saturated rings. The first-order valence-corrected chi connectivity index (χ1v) is 21.8. The van der Waals surface area contributed by atoms with Gasteiger partial charge in [-0.05, 0) is 103 Å². The lowest BCUT2D eigenvalue weighted by atomic mass is 9.99. The topological polar surface area (TPSA) is 172 Å². The Morgan fingerprint density at radius 3 is 1.32 bits per heavy atom. The quantitative estimate of drug-likeness (QED) is 0.202. The van der Waals surface area contributed by atoms with E-state index in [-0.39, 0.29) is 24.3 Å². The van der Waals surface area contributed by atoms with E-state index in [1.54, 1.807) is 22.2 Å². The molecule has 7 rings (SSSR count). The number of carbonyl (C=O) groups is 2. The Kier molecular flexibility index (Phi) is 14.7. The van der Waals surface area contributed by atoms with Crippen LogP contribution in [0.15, 0.2) is 48.8 Å². The molecule has 0 aliphatic carbocycles. The number of hydrogen-bond donors (Lipinski definition) is 2. The molecule has 2 saturated heterocycles. The smallest absolute Gasteiger partial charge is 0.410 e. The zero-order valence-electron chi connectivity index (χ0n) is 37.0. The molecule has 0 spiro atoms. The highest BCUT2D eigenvalue weighted by atomic mass is 16.6. The molecular weight excluding hydrogens is 797 g/mol. The summed E-state index contributed by atoms with van der Waals surface area (Å²) in [6, 6.07) is 11.7. The Morgan fingerprint density at radius 2 is 0.952 bits per heavy atom. The van der Waals surface area contributed by atoms with E-state index in [1.165, 1.54) is 0 Å². The minimum atomic E-state index is -0.600. The maximum absolute atomic E-state index is 13.1. The lowest BCUT2D eigenvalue weighted by Crippen LogP contribution is -2.36. The average molecular weight is 859 g/mol. The highest BCUT2D eigenvalue weighted by molar-refractivity contribution is 5.78. The molecule has 2 aromatic carbocycles. The van der Waals surface area contributed by atoms with Gasteiger partial charge in [-0.25, -0.2) is 19.6 Å². The third-order valence-corrected chi connectivity index (χ3v) is 10.5. The van der Waals surface area contributed by atoms with Crippen LogP contribution in [0, 0.1) is 0 Å². The zero-order valence-corrected chi connectivity index (χ0v) is 37.0. The van der Waals surface area contributed by atoms with Gasteiger partial charge in [-0.15, -0.1) is 0 Å². The minimum Gasteiger partial charge on any atom is -0.490 e. The molecule has 2 atom stereocenters. The number of hydrogen-bond acceptors (Lipinski definition) is 12. The maximum atomic E-state index is 13.1. The van der Waals surface area contributed by atoms with Crippen LogP contribution in [0.3, 0.4) is 0 Å². The summed E-state index contributed by atoms with van der Waals surface area (Å²) in [5.41, 5.74) is 3.76. The van der Waals surface area contributed by atoms with Crippen LogP contribution in [0.25, 0.3) is 33.6 Å². The van der Waals surface area contributed by atoms with Gasteiger partial charge in [-0.1, -0.05) is 12.1 Å². The molecule has 0 radical (unpaired) electrons. The zero-order chi connectivity index (χ0) is 43.7. The summed E-state index contributed by atoms with van der Waals surface area (Å²) in [5.74, 6) is 2.66. The van der Waals surface area contributed by atoms with Crippen molar-refractivity contribution in [2.24, 2.45) is 0 Å². The molecule has 0 unspecified atom stereocenters. The Morgan fingerprint density at radius 1 is 0.581 bits per heavy atom. The number of likely N-dealkylation sites (tertiary alicyclic amines) is 2. The van der Waals surface area contributed by atoms with Crippen LogP contribution < -0.4 is 9.47 Å². The molecule has 62 heavy (non-hydrogen) atoms. The fourth-order valence-corrected chi connectivity index (χ4v) is 7.74. The van der Waals surface area contributed by atoms with Crippen molar-refractivity contribution in [1.29, 1.82) is 0 Å². The number of rotatable bonds is 4. The van der Waals surface area contributed by atoms with E-state index in [0.29, 0.717) is 102 Å². The largest absolute Gasteiger partial charge is 0.490 e. The number of carbonyl (C=O) groups excluding carboxylic acids is 2. The predicted octanol–water partition coefficient (Wildman–Crippen LogP) is 8.12. The Hall–Kier alpha value is -5.16. The predicted molar refractivity (Wildman–Crippen MR) is 231 cm³/mol. The fraction of sp³-hybridized carbons (Fsp3) is 0.565. The van der Waals surface area contributed by atoms with E-state index >= 15 is 0 Å². The second kappa shape index (κ2) is 20.4. The second-order valence-corrected chi connectivity index (χ2v) is 17.6. The van der Waals surface area contributed by atoms with Gasteiger partial charge in [0, 0.05) is 24.2 Å². The molecule has 4 aromatic rings. The van der Waals surface area contributed by atoms with E-state index in [0.717, 1.165) is 59.3 Å². The molecule has 2 aromatic heterocycles. The molecule has 16 nitrogen and oxygen atoms in total. The number of benzene rings is 2. The third kappa shape index (κ3) is 11.8. The second-order valence-electron chi connectivity index (χ2n) is 17.6. The van der Waals surface area contributed by atoms with Crippen molar-refractivity contribution >= 4 is 12.2 Å². The van der Waals surface area contributed by atoms with Crippen molar-refractivity contribution in [3.8, 4) is 45.1 Å². The lowest BCUT2D eigenvalue weighted by molar-refractivity contribution is -0.00696. The van der Waals surface area contributed by atoms with Gasteiger partial charge in [0.05, 0.1) is 88.7 Å². The van der Waals surface area contributed by atoms with E-state index in [9.17, 15) is 9.59 Å². The molecule has 2 amide bonds. The Balaban J connectivity index is 1.17. The Labute approximate surface area is 363 Å². The van der Waals surface area contributed by atoms with Crippen LogP contribution in [0.2, 0.25) is 0 Å². The van der Waals surface area contributed by atoms with Gasteiger partial charge in [-0.2, -0.15) is 0 Å². The van der Waals surface area contributed by atoms with Crippen LogP contribution in [0.1, 0.15) is 91.0 Å². The van der Waals surface area contributed by atoms with E-state index in [4.69, 9.17) is 47.9 Å². The summed E-state index contributed by atoms with van der Waals surface area (Å²) in [5, 5.41) is 0. The van der Waals surface area contributed by atoms with Crippen molar-refractivity contribution in [1.82, 2.24) is 29.7 Å². The third-order valence-electron chi connectivity index (χ3n) is 10.5. The summed E-state index contributed by atoms with van der Waals surface area (Å²) >= 11 is 0. The minimum absolute atomic E-state index is 0.228. The summed E-state index contributed by atoms with van der Waals surface area (Å²) < 4.78 is 47.3. The molecule has 0 saturated carbocycles. The number of aromatic nitrogens is 4. The van der Waals surface area contributed by atoms with Gasteiger partial charge >= 0.3 is 12.2 Å². The summed E-state index contributed by atoms with van der Waals surface area (Å²) in [7, 11) is 0. The van der Waals surface area contributed by atoms with E-state index < -0.39 is 11.2 Å². The highest BCUT2D eigenvalue weighted by Crippen LogP contribution is 2.40.